The summed E-state index contributed by atoms with van der Waals surface area (Å²) in [6, 6.07) is 95.8. The van der Waals surface area contributed by atoms with E-state index in [4.69, 9.17) is 64.6 Å². The second kappa shape index (κ2) is 46.5. The quantitative estimate of drug-likeness (QED) is 0.0216. The number of carboxylic acid groups (broad SMARTS) is 1. The Labute approximate surface area is 858 Å². The monoisotopic (exact) mass is 2270 g/mol. The first kappa shape index (κ1) is 109. The molecule has 1 aliphatic heterocycles. The van der Waals surface area contributed by atoms with Crippen molar-refractivity contribution in [2.24, 2.45) is 0 Å². The van der Waals surface area contributed by atoms with Crippen molar-refractivity contribution in [3.63, 3.8) is 0 Å². The summed E-state index contributed by atoms with van der Waals surface area (Å²) in [5.74, 6) is -1.32. The van der Waals surface area contributed by atoms with Crippen LogP contribution in [0.3, 0.4) is 0 Å². The molecule has 690 valence electrons. The number of carbonyl (C=O) groups excluding carboxylic acids is 2. The van der Waals surface area contributed by atoms with Gasteiger partial charge in [0.25, 0.3) is 5.97 Å². The van der Waals surface area contributed by atoms with Crippen LogP contribution >= 0.6 is 86.3 Å². The van der Waals surface area contributed by atoms with Crippen LogP contribution in [0, 0.1) is 11.0 Å². The topological polar surface area (TPSA) is 278 Å². The van der Waals surface area contributed by atoms with Crippen molar-refractivity contribution in [2.45, 2.75) is 94.6 Å². The van der Waals surface area contributed by atoms with Gasteiger partial charge in [0, 0.05) is 101 Å². The van der Waals surface area contributed by atoms with Crippen molar-refractivity contribution in [3.05, 3.63) is 342 Å². The molecule has 22 rings (SSSR count). The Morgan fingerprint density at radius 1 is 0.452 bits per heavy atom. The zero-order valence-electron chi connectivity index (χ0n) is 72.8. The number of ether oxygens (including phenoxy) is 2. The van der Waals surface area contributed by atoms with Gasteiger partial charge in [-0.05, 0) is 235 Å². The standard InChI is InChI=1S/C25H19BrO2.C25H17BrO.C24H15BrO2.C16H8BrIO.C9H11BO4.C4H8O.C2H4O2.3CH4.CH3.BrH.Mg.H2O4S/c1-25(2,27)20-10-6-5-7-16(20)15-11-12-19-22(13-15)28-23-14-21(26)17-8-3-4-9-18(17)24(19)23;1-25(2)19-10-6-5-7-14(19)17-11-12-18-22-16-9-4-3-8-15(16)20(26)13-21(22)27-24(18)23(17)25;1-14(26)16-6-2-3-7-17(16)15-10-11-20-22(12-15)27-23-13-21(25)18-8-4-5-9-19(18)24(20)23;17-13-8-15-16(11-4-2-1-3-10(11)13)12-6-5-9(18)7-14(12)19-15;1-2-14-9(11)7-5-3-4-6-8(7)10(12)13;1-2-4-5-3-1;1-2(3)4;;;;;;;1-5(2,3)4/h3-14,27H,1-2H3;3-13H,1-2H3;2-13H,1H3;1-8H;3-6,12-13H,2H2,1H3;1-4H2;1H3,(H,3,4);3*1H4;1H3;1H;;(H2,1,2,3,4)/q;;;;;;;;;;-1;;+2;/p-1. The van der Waals surface area contributed by atoms with Crippen LogP contribution in [0.4, 0.5) is 0 Å². The van der Waals surface area contributed by atoms with E-state index in [1.165, 1.54) is 110 Å². The molecule has 16 aromatic carbocycles. The number of Topliss-reactive ketones (excluding diaryl/α,β-unsaturated/α-hetero) is 1. The number of benzene rings is 16. The minimum atomic E-state index is -4.67. The first-order valence-electron chi connectivity index (χ1n) is 41.2. The summed E-state index contributed by atoms with van der Waals surface area (Å²) in [5, 5.41) is 54.7. The summed E-state index contributed by atoms with van der Waals surface area (Å²) in [5.41, 5.74) is 17.5. The van der Waals surface area contributed by atoms with Gasteiger partial charge in [-0.2, -0.15) is 8.42 Å². The molecule has 0 unspecified atom stereocenters. The zero-order chi connectivity index (χ0) is 91.5. The van der Waals surface area contributed by atoms with Crippen LogP contribution in [-0.2, 0) is 35.7 Å². The van der Waals surface area contributed by atoms with Gasteiger partial charge in [-0.1, -0.05) is 306 Å². The molecule has 135 heavy (non-hydrogen) atoms. The number of carbonyl (C=O) groups is 3. The van der Waals surface area contributed by atoms with E-state index in [1.54, 1.807) is 26.0 Å². The number of ketones is 1. The number of aliphatic hydroxyl groups is 1. The van der Waals surface area contributed by atoms with Crippen molar-refractivity contribution in [1.29, 1.82) is 0 Å². The third-order valence-electron chi connectivity index (χ3n) is 22.4. The first-order valence-corrected chi connectivity index (χ1v) is 46.9. The number of furan rings is 4. The molecular weight excluding hydrogens is 2170 g/mol. The molecule has 17 nitrogen and oxygen atoms in total. The van der Waals surface area contributed by atoms with E-state index in [2.05, 4.69) is 276 Å². The van der Waals surface area contributed by atoms with E-state index < -0.39 is 35.1 Å². The molecule has 6 N–H and O–H groups in total. The molecule has 0 bridgehead atoms. The van der Waals surface area contributed by atoms with E-state index in [-0.39, 0.29) is 98.6 Å². The molecular formula is C109H99BBr5IMgO17S. The predicted molar refractivity (Wildman–Crippen MR) is 574 cm³/mol. The van der Waals surface area contributed by atoms with Gasteiger partial charge < -0.3 is 71.8 Å². The minimum absolute atomic E-state index is 0. The van der Waals surface area contributed by atoms with Crippen molar-refractivity contribution in [3.8, 4) is 33.4 Å². The normalized spacial score (nSPS) is 11.9. The molecule has 0 saturated carbocycles. The maximum Gasteiger partial charge on any atom is 2.00 e. The number of hydrogen-bond donors (Lipinski definition) is 6. The Balaban J connectivity index is 0.000000183. The summed E-state index contributed by atoms with van der Waals surface area (Å²) in [7, 11) is -6.32. The van der Waals surface area contributed by atoms with Crippen molar-refractivity contribution in [1.82, 2.24) is 0 Å². The van der Waals surface area contributed by atoms with E-state index in [0.717, 1.165) is 143 Å². The minimum Gasteiger partial charge on any atom is -1.00 e. The third-order valence-corrected chi connectivity index (χ3v) is 25.7. The van der Waals surface area contributed by atoms with Gasteiger partial charge in [0.1, 0.15) is 44.7 Å². The summed E-state index contributed by atoms with van der Waals surface area (Å²) in [6.45, 7) is 14.9. The Morgan fingerprint density at radius 2 is 0.800 bits per heavy atom. The molecule has 20 aromatic rings. The van der Waals surface area contributed by atoms with Crippen LogP contribution in [0.1, 0.15) is 121 Å². The second-order valence-corrected chi connectivity index (χ2v) is 37.3. The van der Waals surface area contributed by atoms with E-state index in [1.807, 2.05) is 98.8 Å². The molecule has 1 fully saturated rings. The SMILES string of the molecule is Brc1cc2oc3cc(I)ccc3c2c2ccccc12.C.C.C.C1CCOC1.CC(=O)O.CC(=O)c1ccccc1-c1ccc2c(c1)oc1cc(Br)c3ccccc3c12.CC(C)(O)c1ccccc1-c1ccc2c(c1)oc1cc(Br)c3ccccc3c12.CC1(C)c2ccccc2-c2ccc3c(oc4cc(Br)c5ccccc5c43)c21.CCOC(=O)c1ccccc1B(O)O.O=S(=O)(O)O.[Br-].[CH3-].[Mg+2]. The number of rotatable bonds is 7. The molecule has 1 aliphatic carbocycles. The fourth-order valence-electron chi connectivity index (χ4n) is 16.9. The number of halogens is 6. The number of carboxylic acids is 1. The van der Waals surface area contributed by atoms with Gasteiger partial charge in [0.2, 0.25) is 0 Å². The van der Waals surface area contributed by atoms with Crippen LogP contribution in [0.2, 0.25) is 0 Å². The number of hydrogen-bond acceptors (Lipinski definition) is 14. The molecule has 0 amide bonds. The summed E-state index contributed by atoms with van der Waals surface area (Å²) in [4.78, 5) is 32.3. The summed E-state index contributed by atoms with van der Waals surface area (Å²) >= 11 is 17.0. The number of aliphatic carboxylic acids is 1. The van der Waals surface area contributed by atoms with Gasteiger partial charge >= 0.3 is 46.5 Å². The van der Waals surface area contributed by atoms with Crippen LogP contribution in [-0.4, -0.2) is 105 Å². The average Bonchev–Trinajstić information content (AvgIpc) is 1.54. The van der Waals surface area contributed by atoms with Crippen LogP contribution in [0.5, 0.6) is 0 Å². The van der Waals surface area contributed by atoms with Crippen LogP contribution in [0.25, 0.3) is 164 Å². The summed E-state index contributed by atoms with van der Waals surface area (Å²) < 4.78 is 71.6. The van der Waals surface area contributed by atoms with E-state index in [0.29, 0.717) is 0 Å². The average molecular weight is 2270 g/mol. The van der Waals surface area contributed by atoms with Gasteiger partial charge in [0.05, 0.1) is 17.8 Å². The molecule has 0 spiro atoms. The smallest absolute Gasteiger partial charge is 1.00 e. The van der Waals surface area contributed by atoms with Crippen molar-refractivity contribution in [2.75, 3.05) is 19.8 Å². The fourth-order valence-corrected chi connectivity index (χ4v) is 19.6. The molecule has 4 aromatic heterocycles. The maximum atomic E-state index is 12.0. The van der Waals surface area contributed by atoms with E-state index >= 15 is 0 Å². The van der Waals surface area contributed by atoms with E-state index in [9.17, 15) is 14.7 Å². The van der Waals surface area contributed by atoms with Crippen LogP contribution in [0.15, 0.2) is 321 Å². The molecule has 0 radical (unpaired) electrons. The van der Waals surface area contributed by atoms with Crippen molar-refractivity contribution < 1.29 is 96.3 Å². The summed E-state index contributed by atoms with van der Waals surface area (Å²) in [6.07, 6.45) is 2.56. The first-order chi connectivity index (χ1) is 61.8. The molecule has 5 heterocycles. The largest absolute Gasteiger partial charge is 2.00 e. The Morgan fingerprint density at radius 3 is 1.21 bits per heavy atom. The van der Waals surface area contributed by atoms with Crippen LogP contribution < -0.4 is 22.4 Å². The fraction of sp³-hybridized carbons (Fsp3) is 0.156. The number of fused-ring (bicyclic) bond motifs is 24. The predicted octanol–water partition coefficient (Wildman–Crippen LogP) is 27.4. The molecule has 0 atom stereocenters. The van der Waals surface area contributed by atoms with Gasteiger partial charge in [-0.25, -0.2) is 4.79 Å². The Bertz CT molecular complexity index is 7850. The van der Waals surface area contributed by atoms with Crippen molar-refractivity contribution >= 4 is 281 Å². The van der Waals surface area contributed by atoms with Gasteiger partial charge in [0.15, 0.2) is 5.78 Å². The second-order valence-electron chi connectivity index (χ2n) is 31.8. The van der Waals surface area contributed by atoms with Gasteiger partial charge in [-0.15, -0.1) is 0 Å². The zero-order valence-corrected chi connectivity index (χ0v) is 85.1. The Kier molecular flexibility index (Phi) is 37.4. The molecule has 1 saturated heterocycles. The number of esters is 1. The van der Waals surface area contributed by atoms with Gasteiger partial charge in [-0.3, -0.25) is 18.7 Å². The Hall–Kier alpha value is -9.96. The maximum absolute atomic E-state index is 12.0. The molecule has 26 heteroatoms. The third kappa shape index (κ3) is 23.6. The molecule has 2 aliphatic rings.